The van der Waals surface area contributed by atoms with E-state index in [4.69, 9.17) is 0 Å². The number of benzene rings is 1. The number of hydrogen-bond donors (Lipinski definition) is 1. The predicted octanol–water partition coefficient (Wildman–Crippen LogP) is 4.52. The summed E-state index contributed by atoms with van der Waals surface area (Å²) < 4.78 is 27.0. The zero-order valence-electron chi connectivity index (χ0n) is 10.7. The molecule has 0 saturated heterocycles. The second kappa shape index (κ2) is 5.57. The molecule has 19 heavy (non-hydrogen) atoms. The lowest BCUT2D eigenvalue weighted by Gasteiger charge is -2.27. The zero-order chi connectivity index (χ0) is 14.0. The molecule has 0 atom stereocenters. The molecule has 1 aliphatic rings. The van der Waals surface area contributed by atoms with Gasteiger partial charge >= 0.3 is 0 Å². The van der Waals surface area contributed by atoms with E-state index in [2.05, 4.69) is 21.2 Å². The minimum atomic E-state index is -2.59. The van der Waals surface area contributed by atoms with Crippen LogP contribution < -0.4 is 5.32 Å². The van der Waals surface area contributed by atoms with Crippen LogP contribution in [0.2, 0.25) is 0 Å². The molecule has 0 aliphatic heterocycles. The number of amides is 1. The van der Waals surface area contributed by atoms with Gasteiger partial charge in [-0.15, -0.1) is 0 Å². The van der Waals surface area contributed by atoms with Crippen molar-refractivity contribution in [3.8, 4) is 0 Å². The second-order valence-corrected chi connectivity index (χ2v) is 5.99. The second-order valence-electron chi connectivity index (χ2n) is 5.08. The maximum absolute atomic E-state index is 13.0. The van der Waals surface area contributed by atoms with E-state index in [1.165, 1.54) is 0 Å². The molecule has 0 radical (unpaired) electrons. The summed E-state index contributed by atoms with van der Waals surface area (Å²) in [5, 5.41) is 2.83. The highest BCUT2D eigenvalue weighted by atomic mass is 79.9. The molecule has 0 unspecified atom stereocenters. The molecular formula is C14H16BrF2NO. The van der Waals surface area contributed by atoms with Gasteiger partial charge in [0.15, 0.2) is 0 Å². The van der Waals surface area contributed by atoms with Crippen LogP contribution in [0.15, 0.2) is 22.7 Å². The van der Waals surface area contributed by atoms with Gasteiger partial charge in [0.1, 0.15) is 0 Å². The Morgan fingerprint density at radius 1 is 1.37 bits per heavy atom. The first-order chi connectivity index (χ1) is 8.87. The van der Waals surface area contributed by atoms with Crippen molar-refractivity contribution in [1.29, 1.82) is 0 Å². The molecule has 0 heterocycles. The first-order valence-corrected chi connectivity index (χ1v) is 7.11. The minimum Gasteiger partial charge on any atom is -0.326 e. The van der Waals surface area contributed by atoms with Gasteiger partial charge in [-0.2, -0.15) is 0 Å². The summed E-state index contributed by atoms with van der Waals surface area (Å²) in [6.45, 7) is 1.90. The van der Waals surface area contributed by atoms with Crippen LogP contribution in [0, 0.1) is 12.8 Å². The lowest BCUT2D eigenvalue weighted by molar-refractivity contribution is -0.124. The third-order valence-electron chi connectivity index (χ3n) is 3.55. The van der Waals surface area contributed by atoms with E-state index in [-0.39, 0.29) is 37.5 Å². The van der Waals surface area contributed by atoms with Crippen LogP contribution >= 0.6 is 15.9 Å². The van der Waals surface area contributed by atoms with Gasteiger partial charge in [-0.05, 0) is 37.5 Å². The molecule has 0 spiro atoms. The average Bonchev–Trinajstić information content (AvgIpc) is 2.33. The summed E-state index contributed by atoms with van der Waals surface area (Å²) in [6, 6.07) is 5.62. The SMILES string of the molecule is Cc1ccc(Br)cc1NC(=O)C1CCC(F)(F)CC1. The first-order valence-electron chi connectivity index (χ1n) is 6.32. The summed E-state index contributed by atoms with van der Waals surface area (Å²) in [6.07, 6.45) is 0.128. The number of anilines is 1. The lowest BCUT2D eigenvalue weighted by atomic mass is 9.86. The van der Waals surface area contributed by atoms with Crippen molar-refractivity contribution < 1.29 is 13.6 Å². The van der Waals surface area contributed by atoms with E-state index in [1.54, 1.807) is 0 Å². The molecule has 5 heteroatoms. The maximum Gasteiger partial charge on any atom is 0.248 e. The van der Waals surface area contributed by atoms with Crippen LogP contribution in [-0.2, 0) is 4.79 Å². The number of hydrogen-bond acceptors (Lipinski definition) is 1. The van der Waals surface area contributed by atoms with Gasteiger partial charge in [0.25, 0.3) is 0 Å². The highest BCUT2D eigenvalue weighted by molar-refractivity contribution is 9.10. The smallest absolute Gasteiger partial charge is 0.248 e. The Labute approximate surface area is 119 Å². The fraction of sp³-hybridized carbons (Fsp3) is 0.500. The largest absolute Gasteiger partial charge is 0.326 e. The van der Waals surface area contributed by atoms with Gasteiger partial charge in [0.05, 0.1) is 0 Å². The molecule has 2 rings (SSSR count). The van der Waals surface area contributed by atoms with Gasteiger partial charge in [0, 0.05) is 28.9 Å². The van der Waals surface area contributed by atoms with Crippen molar-refractivity contribution >= 4 is 27.5 Å². The summed E-state index contributed by atoms with van der Waals surface area (Å²) >= 11 is 3.35. The Morgan fingerprint density at radius 3 is 2.63 bits per heavy atom. The monoisotopic (exact) mass is 331 g/mol. The van der Waals surface area contributed by atoms with Gasteiger partial charge in [-0.3, -0.25) is 4.79 Å². The van der Waals surface area contributed by atoms with Gasteiger partial charge in [-0.1, -0.05) is 22.0 Å². The average molecular weight is 332 g/mol. The third kappa shape index (κ3) is 3.75. The quantitative estimate of drug-likeness (QED) is 0.848. The molecule has 0 aromatic heterocycles. The van der Waals surface area contributed by atoms with Crippen molar-refractivity contribution in [2.45, 2.75) is 38.5 Å². The molecule has 0 bridgehead atoms. The van der Waals surface area contributed by atoms with Crippen molar-refractivity contribution in [3.63, 3.8) is 0 Å². The predicted molar refractivity (Wildman–Crippen MR) is 74.4 cm³/mol. The number of carbonyl (C=O) groups is 1. The number of aryl methyl sites for hydroxylation is 1. The molecule has 1 amide bonds. The summed E-state index contributed by atoms with van der Waals surface area (Å²) in [7, 11) is 0. The molecule has 1 fully saturated rings. The van der Waals surface area contributed by atoms with E-state index >= 15 is 0 Å². The van der Waals surface area contributed by atoms with E-state index < -0.39 is 5.92 Å². The number of halogens is 3. The Morgan fingerprint density at radius 2 is 2.00 bits per heavy atom. The fourth-order valence-corrected chi connectivity index (χ4v) is 2.63. The summed E-state index contributed by atoms with van der Waals surface area (Å²) in [5.41, 5.74) is 1.69. The minimum absolute atomic E-state index is 0.156. The van der Waals surface area contributed by atoms with Crippen LogP contribution in [0.4, 0.5) is 14.5 Å². The highest BCUT2D eigenvalue weighted by Gasteiger charge is 2.37. The molecule has 1 N–H and O–H groups in total. The van der Waals surface area contributed by atoms with Crippen LogP contribution in [-0.4, -0.2) is 11.8 Å². The number of rotatable bonds is 2. The van der Waals surface area contributed by atoms with Crippen molar-refractivity contribution in [2.75, 3.05) is 5.32 Å². The molecule has 2 nitrogen and oxygen atoms in total. The van der Waals surface area contributed by atoms with Crippen molar-refractivity contribution in [3.05, 3.63) is 28.2 Å². The van der Waals surface area contributed by atoms with Gasteiger partial charge in [0.2, 0.25) is 11.8 Å². The van der Waals surface area contributed by atoms with E-state index in [9.17, 15) is 13.6 Å². The zero-order valence-corrected chi connectivity index (χ0v) is 12.3. The molecule has 1 saturated carbocycles. The number of nitrogens with one attached hydrogen (secondary N) is 1. The van der Waals surface area contributed by atoms with Crippen molar-refractivity contribution in [2.24, 2.45) is 5.92 Å². The van der Waals surface area contributed by atoms with Crippen molar-refractivity contribution in [1.82, 2.24) is 0 Å². The summed E-state index contributed by atoms with van der Waals surface area (Å²) in [4.78, 5) is 12.1. The van der Waals surface area contributed by atoms with Gasteiger partial charge in [-0.25, -0.2) is 8.78 Å². The Balaban J connectivity index is 2.00. The Bertz CT molecular complexity index is 480. The molecule has 104 valence electrons. The maximum atomic E-state index is 13.0. The lowest BCUT2D eigenvalue weighted by Crippen LogP contribution is -2.31. The normalized spacial score (nSPS) is 19.2. The number of carbonyl (C=O) groups excluding carboxylic acids is 1. The molecule has 1 aromatic carbocycles. The summed E-state index contributed by atoms with van der Waals surface area (Å²) in [5.74, 6) is -3.06. The van der Waals surface area contributed by atoms with E-state index in [0.29, 0.717) is 0 Å². The Kier molecular flexibility index (Phi) is 4.23. The standard InChI is InChI=1S/C14H16BrF2NO/c1-9-2-3-11(15)8-12(9)18-13(19)10-4-6-14(16,17)7-5-10/h2-3,8,10H,4-7H2,1H3,(H,18,19). The number of alkyl halides is 2. The van der Waals surface area contributed by atoms with Crippen LogP contribution in [0.1, 0.15) is 31.2 Å². The highest BCUT2D eigenvalue weighted by Crippen LogP contribution is 2.36. The first kappa shape index (κ1) is 14.4. The van der Waals surface area contributed by atoms with Crippen LogP contribution in [0.5, 0.6) is 0 Å². The Hall–Kier alpha value is -0.970. The van der Waals surface area contributed by atoms with Gasteiger partial charge < -0.3 is 5.32 Å². The third-order valence-corrected chi connectivity index (χ3v) is 4.04. The van der Waals surface area contributed by atoms with E-state index in [1.807, 2.05) is 25.1 Å². The van der Waals surface area contributed by atoms with Crippen LogP contribution in [0.25, 0.3) is 0 Å². The molecule has 1 aromatic rings. The molecule has 1 aliphatic carbocycles. The fourth-order valence-electron chi connectivity index (χ4n) is 2.27. The van der Waals surface area contributed by atoms with E-state index in [0.717, 1.165) is 15.7 Å². The van der Waals surface area contributed by atoms with Crippen LogP contribution in [0.3, 0.4) is 0 Å². The molecular weight excluding hydrogens is 316 g/mol. The topological polar surface area (TPSA) is 29.1 Å².